The second kappa shape index (κ2) is 10.6. The predicted octanol–water partition coefficient (Wildman–Crippen LogP) is 3.60. The van der Waals surface area contributed by atoms with Crippen LogP contribution in [0.25, 0.3) is 6.08 Å². The van der Waals surface area contributed by atoms with Gasteiger partial charge in [-0.2, -0.15) is 0 Å². The lowest BCUT2D eigenvalue weighted by atomic mass is 10.1. The van der Waals surface area contributed by atoms with Gasteiger partial charge in [0.05, 0.1) is 0 Å². The van der Waals surface area contributed by atoms with Crippen molar-refractivity contribution in [3.05, 3.63) is 54.1 Å². The average molecular weight is 276 g/mol. The molecule has 0 aliphatic carbocycles. The highest BCUT2D eigenvalue weighted by atomic mass is 16.4. The third kappa shape index (κ3) is 8.69. The van der Waals surface area contributed by atoms with Crippen molar-refractivity contribution in [2.45, 2.75) is 26.2 Å². The Kier molecular flexibility index (Phi) is 9.31. The molecule has 108 valence electrons. The van der Waals surface area contributed by atoms with E-state index in [1.807, 2.05) is 43.3 Å². The molecule has 0 heterocycles. The van der Waals surface area contributed by atoms with E-state index in [0.29, 0.717) is 12.8 Å². The zero-order valence-electron chi connectivity index (χ0n) is 11.6. The Morgan fingerprint density at radius 2 is 1.80 bits per heavy atom. The van der Waals surface area contributed by atoms with Crippen LogP contribution in [-0.4, -0.2) is 22.2 Å². The first-order chi connectivity index (χ1) is 9.51. The number of hydrogen-bond acceptors (Lipinski definition) is 2. The molecule has 0 spiro atoms. The van der Waals surface area contributed by atoms with Crippen LogP contribution in [0.2, 0.25) is 0 Å². The Balaban J connectivity index is 0.000000388. The second-order valence-electron chi connectivity index (χ2n) is 4.03. The molecule has 0 amide bonds. The molecular weight excluding hydrogens is 256 g/mol. The van der Waals surface area contributed by atoms with Crippen molar-refractivity contribution in [2.24, 2.45) is 0 Å². The number of unbranched alkanes of at least 4 members (excludes halogenated alkanes) is 1. The maximum Gasteiger partial charge on any atom is 0.331 e. The van der Waals surface area contributed by atoms with Crippen LogP contribution in [0.1, 0.15) is 31.7 Å². The molecule has 0 fully saturated rings. The van der Waals surface area contributed by atoms with Gasteiger partial charge >= 0.3 is 11.9 Å². The first-order valence-electron chi connectivity index (χ1n) is 6.35. The molecule has 0 radical (unpaired) electrons. The number of benzene rings is 1. The van der Waals surface area contributed by atoms with E-state index < -0.39 is 11.9 Å². The fourth-order valence-corrected chi connectivity index (χ4v) is 1.35. The molecule has 0 saturated heterocycles. The SMILES string of the molecule is C=Cc1ccccc1.CCCC/C(=C/C(=O)O)C(=O)O. The molecule has 0 saturated carbocycles. The molecule has 1 rings (SSSR count). The lowest BCUT2D eigenvalue weighted by Crippen LogP contribution is -2.03. The summed E-state index contributed by atoms with van der Waals surface area (Å²) in [7, 11) is 0. The summed E-state index contributed by atoms with van der Waals surface area (Å²) < 4.78 is 0. The Morgan fingerprint density at radius 1 is 1.20 bits per heavy atom. The summed E-state index contributed by atoms with van der Waals surface area (Å²) in [6.45, 7) is 5.55. The van der Waals surface area contributed by atoms with Crippen LogP contribution < -0.4 is 0 Å². The molecule has 20 heavy (non-hydrogen) atoms. The van der Waals surface area contributed by atoms with Crippen LogP contribution >= 0.6 is 0 Å². The fraction of sp³-hybridized carbons (Fsp3) is 0.250. The smallest absolute Gasteiger partial charge is 0.331 e. The summed E-state index contributed by atoms with van der Waals surface area (Å²) in [4.78, 5) is 20.5. The molecule has 2 N–H and O–H groups in total. The summed E-state index contributed by atoms with van der Waals surface area (Å²) in [5.41, 5.74) is 1.14. The Morgan fingerprint density at radius 3 is 2.15 bits per heavy atom. The molecule has 0 unspecified atom stereocenters. The Hall–Kier alpha value is -2.36. The van der Waals surface area contributed by atoms with Gasteiger partial charge in [0, 0.05) is 11.6 Å². The molecule has 0 aliphatic rings. The van der Waals surface area contributed by atoms with Gasteiger partial charge in [0.2, 0.25) is 0 Å². The minimum Gasteiger partial charge on any atom is -0.478 e. The van der Waals surface area contributed by atoms with Crippen molar-refractivity contribution < 1.29 is 19.8 Å². The number of hydrogen-bond donors (Lipinski definition) is 2. The molecular formula is C16H20O4. The molecule has 1 aromatic rings. The summed E-state index contributed by atoms with van der Waals surface area (Å²) in [5, 5.41) is 16.8. The predicted molar refractivity (Wildman–Crippen MR) is 79.4 cm³/mol. The first kappa shape index (κ1) is 17.6. The normalized spacial score (nSPS) is 10.2. The third-order valence-corrected chi connectivity index (χ3v) is 2.41. The molecule has 4 heteroatoms. The van der Waals surface area contributed by atoms with Crippen molar-refractivity contribution in [1.82, 2.24) is 0 Å². The Bertz CT molecular complexity index is 461. The minimum atomic E-state index is -1.21. The van der Waals surface area contributed by atoms with Gasteiger partial charge in [-0.1, -0.05) is 56.3 Å². The highest BCUT2D eigenvalue weighted by molar-refractivity contribution is 5.94. The van der Waals surface area contributed by atoms with E-state index in [0.717, 1.165) is 12.5 Å². The number of carboxylic acid groups (broad SMARTS) is 2. The zero-order chi connectivity index (χ0) is 15.4. The average Bonchev–Trinajstić information content (AvgIpc) is 2.44. The highest BCUT2D eigenvalue weighted by Gasteiger charge is 2.07. The van der Waals surface area contributed by atoms with Gasteiger partial charge in [-0.05, 0) is 18.4 Å². The lowest BCUT2D eigenvalue weighted by molar-refractivity contribution is -0.135. The van der Waals surface area contributed by atoms with Gasteiger partial charge < -0.3 is 10.2 Å². The van der Waals surface area contributed by atoms with E-state index in [9.17, 15) is 9.59 Å². The molecule has 0 aliphatic heterocycles. The van der Waals surface area contributed by atoms with Crippen LogP contribution in [0.3, 0.4) is 0 Å². The largest absolute Gasteiger partial charge is 0.478 e. The third-order valence-electron chi connectivity index (χ3n) is 2.41. The van der Waals surface area contributed by atoms with Crippen molar-refractivity contribution in [3.8, 4) is 0 Å². The van der Waals surface area contributed by atoms with Gasteiger partial charge in [0.25, 0.3) is 0 Å². The van der Waals surface area contributed by atoms with Crippen LogP contribution in [0, 0.1) is 0 Å². The number of aliphatic carboxylic acids is 2. The summed E-state index contributed by atoms with van der Waals surface area (Å²) in [5.74, 6) is -2.35. The molecule has 1 aromatic carbocycles. The highest BCUT2D eigenvalue weighted by Crippen LogP contribution is 2.06. The van der Waals surface area contributed by atoms with E-state index in [2.05, 4.69) is 6.58 Å². The summed E-state index contributed by atoms with van der Waals surface area (Å²) in [6.07, 6.45) is 4.45. The van der Waals surface area contributed by atoms with Gasteiger partial charge in [-0.25, -0.2) is 9.59 Å². The van der Waals surface area contributed by atoms with Crippen molar-refractivity contribution >= 4 is 18.0 Å². The Labute approximate surface area is 119 Å². The number of carbonyl (C=O) groups is 2. The van der Waals surface area contributed by atoms with Crippen LogP contribution in [0.5, 0.6) is 0 Å². The maximum atomic E-state index is 10.4. The fourth-order valence-electron chi connectivity index (χ4n) is 1.35. The van der Waals surface area contributed by atoms with Crippen molar-refractivity contribution in [3.63, 3.8) is 0 Å². The van der Waals surface area contributed by atoms with E-state index in [4.69, 9.17) is 10.2 Å². The monoisotopic (exact) mass is 276 g/mol. The van der Waals surface area contributed by atoms with Gasteiger partial charge in [-0.15, -0.1) is 0 Å². The van der Waals surface area contributed by atoms with Crippen LogP contribution in [-0.2, 0) is 9.59 Å². The first-order valence-corrected chi connectivity index (χ1v) is 6.35. The van der Waals surface area contributed by atoms with E-state index in [1.165, 1.54) is 5.56 Å². The van der Waals surface area contributed by atoms with E-state index >= 15 is 0 Å². The topological polar surface area (TPSA) is 74.6 Å². The van der Waals surface area contributed by atoms with Gasteiger partial charge in [0.15, 0.2) is 0 Å². The summed E-state index contributed by atoms with van der Waals surface area (Å²) in [6, 6.07) is 10.0. The number of rotatable bonds is 6. The number of carboxylic acids is 2. The maximum absolute atomic E-state index is 10.4. The van der Waals surface area contributed by atoms with Crippen LogP contribution in [0.4, 0.5) is 0 Å². The van der Waals surface area contributed by atoms with Crippen molar-refractivity contribution in [2.75, 3.05) is 0 Å². The second-order valence-corrected chi connectivity index (χ2v) is 4.03. The van der Waals surface area contributed by atoms with E-state index in [-0.39, 0.29) is 5.57 Å². The standard InChI is InChI=1S/C8H12O4.C8H8/c1-2-3-4-6(8(11)12)5-7(9)10;1-2-8-6-4-3-5-7-8/h5H,2-4H2,1H3,(H,9,10)(H,11,12);2-7H,1H2/b6-5-;. The van der Waals surface area contributed by atoms with Gasteiger partial charge in [-0.3, -0.25) is 0 Å². The molecule has 0 atom stereocenters. The minimum absolute atomic E-state index is 0.0376. The van der Waals surface area contributed by atoms with Crippen LogP contribution in [0.15, 0.2) is 48.6 Å². The van der Waals surface area contributed by atoms with Crippen molar-refractivity contribution in [1.29, 1.82) is 0 Å². The zero-order valence-corrected chi connectivity index (χ0v) is 11.6. The van der Waals surface area contributed by atoms with Gasteiger partial charge in [0.1, 0.15) is 0 Å². The lowest BCUT2D eigenvalue weighted by Gasteiger charge is -1.97. The molecule has 4 nitrogen and oxygen atoms in total. The summed E-state index contributed by atoms with van der Waals surface area (Å²) >= 11 is 0. The van der Waals surface area contributed by atoms with E-state index in [1.54, 1.807) is 0 Å². The molecule has 0 aromatic heterocycles. The molecule has 0 bridgehead atoms. The quantitative estimate of drug-likeness (QED) is 0.778.